The maximum absolute atomic E-state index is 11.6. The highest BCUT2D eigenvalue weighted by molar-refractivity contribution is 14.1. The number of carbonyl (C=O) groups excluding carboxylic acids is 2. The molecule has 0 unspecified atom stereocenters. The fourth-order valence-electron chi connectivity index (χ4n) is 1.38. The first-order valence-corrected chi connectivity index (χ1v) is 7.42. The minimum Gasteiger partial charge on any atom is -0.354 e. The third kappa shape index (κ3) is 3.95. The predicted molar refractivity (Wildman–Crippen MR) is 75.1 cm³/mol. The van der Waals surface area contributed by atoms with Crippen molar-refractivity contribution in [3.05, 3.63) is 19.9 Å². The van der Waals surface area contributed by atoms with Crippen molar-refractivity contribution in [2.75, 3.05) is 13.1 Å². The number of halogens is 1. The molecule has 1 saturated carbocycles. The van der Waals surface area contributed by atoms with Crippen LogP contribution >= 0.6 is 33.9 Å². The van der Waals surface area contributed by atoms with Gasteiger partial charge in [-0.3, -0.25) is 9.59 Å². The van der Waals surface area contributed by atoms with E-state index in [1.165, 1.54) is 0 Å². The summed E-state index contributed by atoms with van der Waals surface area (Å²) in [7, 11) is 0. The molecule has 1 aromatic rings. The molecule has 0 bridgehead atoms. The molecule has 92 valence electrons. The van der Waals surface area contributed by atoms with Crippen molar-refractivity contribution in [2.45, 2.75) is 12.8 Å². The number of amides is 2. The molecule has 2 rings (SSSR count). The van der Waals surface area contributed by atoms with E-state index >= 15 is 0 Å². The third-order valence-corrected chi connectivity index (χ3v) is 4.28. The van der Waals surface area contributed by atoms with E-state index in [0.717, 1.165) is 15.7 Å². The average Bonchev–Trinajstić information content (AvgIpc) is 3.07. The second kappa shape index (κ2) is 5.81. The maximum atomic E-state index is 11.6. The van der Waals surface area contributed by atoms with Crippen molar-refractivity contribution in [1.29, 1.82) is 0 Å². The van der Waals surface area contributed by atoms with Crippen molar-refractivity contribution in [3.8, 4) is 0 Å². The van der Waals surface area contributed by atoms with Crippen molar-refractivity contribution >= 4 is 45.7 Å². The van der Waals surface area contributed by atoms with Crippen LogP contribution in [-0.2, 0) is 4.79 Å². The standard InChI is InChI=1S/C11H13IN2O2S/c12-9-5-8(6-17-9)11(16)14-4-3-13-10(15)7-1-2-7/h5-7H,1-4H2,(H,13,15)(H,14,16). The fraction of sp³-hybridized carbons (Fsp3) is 0.455. The minimum atomic E-state index is -0.0789. The van der Waals surface area contributed by atoms with Gasteiger partial charge in [0.1, 0.15) is 0 Å². The molecule has 17 heavy (non-hydrogen) atoms. The lowest BCUT2D eigenvalue weighted by Gasteiger charge is -2.05. The molecule has 4 nitrogen and oxygen atoms in total. The van der Waals surface area contributed by atoms with Gasteiger partial charge < -0.3 is 10.6 Å². The van der Waals surface area contributed by atoms with Crippen LogP contribution in [0.3, 0.4) is 0 Å². The number of hydrogen-bond acceptors (Lipinski definition) is 3. The van der Waals surface area contributed by atoms with E-state index in [-0.39, 0.29) is 17.7 Å². The summed E-state index contributed by atoms with van der Waals surface area (Å²) >= 11 is 3.73. The topological polar surface area (TPSA) is 58.2 Å². The van der Waals surface area contributed by atoms with Gasteiger partial charge in [0.15, 0.2) is 0 Å². The van der Waals surface area contributed by atoms with Crippen LogP contribution in [0.15, 0.2) is 11.4 Å². The van der Waals surface area contributed by atoms with Crippen LogP contribution in [0.25, 0.3) is 0 Å². The van der Waals surface area contributed by atoms with E-state index < -0.39 is 0 Å². The Balaban J connectivity index is 1.64. The van der Waals surface area contributed by atoms with Gasteiger partial charge in [-0.1, -0.05) is 0 Å². The largest absolute Gasteiger partial charge is 0.354 e. The zero-order valence-electron chi connectivity index (χ0n) is 9.16. The Morgan fingerprint density at radius 3 is 2.65 bits per heavy atom. The molecule has 0 spiro atoms. The lowest BCUT2D eigenvalue weighted by molar-refractivity contribution is -0.122. The van der Waals surface area contributed by atoms with E-state index in [1.54, 1.807) is 11.3 Å². The van der Waals surface area contributed by atoms with Gasteiger partial charge in [0.2, 0.25) is 5.91 Å². The summed E-state index contributed by atoms with van der Waals surface area (Å²) in [6, 6.07) is 1.85. The maximum Gasteiger partial charge on any atom is 0.252 e. The summed E-state index contributed by atoms with van der Waals surface area (Å²) in [6.07, 6.45) is 2.01. The first-order valence-electron chi connectivity index (χ1n) is 5.47. The number of hydrogen-bond donors (Lipinski definition) is 2. The molecule has 1 aliphatic rings. The van der Waals surface area contributed by atoms with Gasteiger partial charge in [0.05, 0.1) is 8.45 Å². The fourth-order valence-corrected chi connectivity index (χ4v) is 2.71. The first kappa shape index (κ1) is 12.8. The van der Waals surface area contributed by atoms with Crippen LogP contribution in [0.5, 0.6) is 0 Å². The highest BCUT2D eigenvalue weighted by Gasteiger charge is 2.28. The van der Waals surface area contributed by atoms with Gasteiger partial charge in [-0.25, -0.2) is 0 Å². The van der Waals surface area contributed by atoms with Crippen LogP contribution < -0.4 is 10.6 Å². The van der Waals surface area contributed by atoms with E-state index in [2.05, 4.69) is 33.2 Å². The average molecular weight is 364 g/mol. The third-order valence-electron chi connectivity index (χ3n) is 2.49. The van der Waals surface area contributed by atoms with Crippen LogP contribution in [0.1, 0.15) is 23.2 Å². The van der Waals surface area contributed by atoms with Gasteiger partial charge in [-0.05, 0) is 41.5 Å². The zero-order valence-corrected chi connectivity index (χ0v) is 12.1. The molecule has 0 aromatic carbocycles. The first-order chi connectivity index (χ1) is 8.16. The highest BCUT2D eigenvalue weighted by atomic mass is 127. The van der Waals surface area contributed by atoms with Gasteiger partial charge in [-0.2, -0.15) is 0 Å². The van der Waals surface area contributed by atoms with Crippen LogP contribution in [-0.4, -0.2) is 24.9 Å². The van der Waals surface area contributed by atoms with Gasteiger partial charge in [0.25, 0.3) is 5.91 Å². The Kier molecular flexibility index (Phi) is 4.38. The van der Waals surface area contributed by atoms with Gasteiger partial charge in [0, 0.05) is 24.4 Å². The number of carbonyl (C=O) groups is 2. The lowest BCUT2D eigenvalue weighted by Crippen LogP contribution is -2.35. The number of thiophene rings is 1. The van der Waals surface area contributed by atoms with Crippen molar-refractivity contribution < 1.29 is 9.59 Å². The van der Waals surface area contributed by atoms with E-state index in [1.807, 2.05) is 11.4 Å². The van der Waals surface area contributed by atoms with Crippen molar-refractivity contribution in [3.63, 3.8) is 0 Å². The summed E-state index contributed by atoms with van der Waals surface area (Å²) in [5.74, 6) is 0.262. The predicted octanol–water partition coefficient (Wildman–Crippen LogP) is 1.61. The van der Waals surface area contributed by atoms with Gasteiger partial charge >= 0.3 is 0 Å². The van der Waals surface area contributed by atoms with E-state index in [4.69, 9.17) is 0 Å². The molecule has 0 aliphatic heterocycles. The Morgan fingerprint density at radius 1 is 1.35 bits per heavy atom. The summed E-state index contributed by atoms with van der Waals surface area (Å²) in [5.41, 5.74) is 0.688. The smallest absolute Gasteiger partial charge is 0.252 e. The van der Waals surface area contributed by atoms with E-state index in [9.17, 15) is 9.59 Å². The molecule has 0 saturated heterocycles. The monoisotopic (exact) mass is 364 g/mol. The van der Waals surface area contributed by atoms with Crippen LogP contribution in [0.2, 0.25) is 0 Å². The SMILES string of the molecule is O=C(NCCNC(=O)C1CC1)c1csc(I)c1. The normalized spacial score (nSPS) is 14.4. The Hall–Kier alpha value is -0.630. The molecule has 0 atom stereocenters. The molecular formula is C11H13IN2O2S. The number of rotatable bonds is 5. The molecular weight excluding hydrogens is 351 g/mol. The van der Waals surface area contributed by atoms with Crippen molar-refractivity contribution in [1.82, 2.24) is 10.6 Å². The van der Waals surface area contributed by atoms with Gasteiger partial charge in [-0.15, -0.1) is 11.3 Å². The van der Waals surface area contributed by atoms with E-state index in [0.29, 0.717) is 18.7 Å². The van der Waals surface area contributed by atoms with Crippen molar-refractivity contribution in [2.24, 2.45) is 5.92 Å². The minimum absolute atomic E-state index is 0.0789. The molecule has 0 radical (unpaired) electrons. The molecule has 1 aliphatic carbocycles. The Labute approximate surface area is 117 Å². The second-order valence-electron chi connectivity index (χ2n) is 3.96. The summed E-state index contributed by atoms with van der Waals surface area (Å²) in [4.78, 5) is 22.9. The molecule has 1 aromatic heterocycles. The second-order valence-corrected chi connectivity index (χ2v) is 6.77. The summed E-state index contributed by atoms with van der Waals surface area (Å²) in [6.45, 7) is 0.978. The molecule has 1 heterocycles. The Morgan fingerprint density at radius 2 is 2.06 bits per heavy atom. The summed E-state index contributed by atoms with van der Waals surface area (Å²) in [5, 5.41) is 7.41. The van der Waals surface area contributed by atoms with Crippen LogP contribution in [0, 0.1) is 8.80 Å². The quantitative estimate of drug-likeness (QED) is 0.616. The Bertz CT molecular complexity index is 429. The molecule has 2 amide bonds. The molecule has 2 N–H and O–H groups in total. The highest BCUT2D eigenvalue weighted by Crippen LogP contribution is 2.28. The summed E-state index contributed by atoms with van der Waals surface area (Å²) < 4.78 is 1.09. The number of nitrogens with one attached hydrogen (secondary N) is 2. The zero-order chi connectivity index (χ0) is 12.3. The lowest BCUT2D eigenvalue weighted by atomic mass is 10.3. The van der Waals surface area contributed by atoms with Crippen LogP contribution in [0.4, 0.5) is 0 Å². The molecule has 1 fully saturated rings. The molecule has 6 heteroatoms.